The van der Waals surface area contributed by atoms with Crippen LogP contribution < -0.4 is 5.32 Å². The molecule has 4 nitrogen and oxygen atoms in total. The van der Waals surface area contributed by atoms with Gasteiger partial charge in [0.05, 0.1) is 19.3 Å². The van der Waals surface area contributed by atoms with Crippen LogP contribution in [0.5, 0.6) is 0 Å². The first-order chi connectivity index (χ1) is 9.05. The lowest BCUT2D eigenvalue weighted by Crippen LogP contribution is -2.53. The van der Waals surface area contributed by atoms with Crippen molar-refractivity contribution in [1.82, 2.24) is 5.32 Å². The minimum absolute atomic E-state index is 0.236. The van der Waals surface area contributed by atoms with Crippen LogP contribution in [-0.2, 0) is 14.3 Å². The van der Waals surface area contributed by atoms with Crippen LogP contribution in [0.15, 0.2) is 0 Å². The molecule has 0 heterocycles. The van der Waals surface area contributed by atoms with Crippen LogP contribution in [0.25, 0.3) is 0 Å². The van der Waals surface area contributed by atoms with Crippen LogP contribution in [0, 0.1) is 5.92 Å². The molecule has 0 radical (unpaired) electrons. The number of likely N-dealkylation sites (N-methyl/N-ethyl adjacent to an activating group) is 1. The van der Waals surface area contributed by atoms with E-state index in [2.05, 4.69) is 12.2 Å². The first-order valence-electron chi connectivity index (χ1n) is 7.53. The first kappa shape index (κ1) is 16.4. The van der Waals surface area contributed by atoms with E-state index in [4.69, 9.17) is 9.47 Å². The minimum atomic E-state index is -0.741. The quantitative estimate of drug-likeness (QED) is 0.723. The zero-order valence-corrected chi connectivity index (χ0v) is 12.8. The largest absolute Gasteiger partial charge is 0.465 e. The molecule has 112 valence electrons. The highest BCUT2D eigenvalue weighted by atomic mass is 16.5. The second kappa shape index (κ2) is 7.85. The summed E-state index contributed by atoms with van der Waals surface area (Å²) in [5.41, 5.74) is -0.741. The monoisotopic (exact) mass is 271 g/mol. The standard InChI is InChI=1S/C15H29NO3/c1-5-12-8-7-9-13(10-12)19-11-15(3,16-4)14(17)18-6-2/h12-13,16H,5-11H2,1-4H3. The van der Waals surface area contributed by atoms with E-state index in [1.54, 1.807) is 7.05 Å². The molecule has 3 unspecified atom stereocenters. The van der Waals surface area contributed by atoms with Crippen LogP contribution >= 0.6 is 0 Å². The van der Waals surface area contributed by atoms with Crippen LogP contribution in [0.1, 0.15) is 52.9 Å². The third-order valence-corrected chi connectivity index (χ3v) is 4.20. The van der Waals surface area contributed by atoms with E-state index in [0.29, 0.717) is 19.3 Å². The van der Waals surface area contributed by atoms with Crippen LogP contribution in [-0.4, -0.2) is 37.9 Å². The van der Waals surface area contributed by atoms with Gasteiger partial charge in [0.2, 0.25) is 0 Å². The molecule has 0 saturated heterocycles. The summed E-state index contributed by atoms with van der Waals surface area (Å²) in [5.74, 6) is 0.544. The number of ether oxygens (including phenoxy) is 2. The Balaban J connectivity index is 2.46. The number of hydrogen-bond donors (Lipinski definition) is 1. The molecule has 1 N–H and O–H groups in total. The Hall–Kier alpha value is -0.610. The Bertz CT molecular complexity index is 283. The summed E-state index contributed by atoms with van der Waals surface area (Å²) >= 11 is 0. The summed E-state index contributed by atoms with van der Waals surface area (Å²) < 4.78 is 11.1. The highest BCUT2D eigenvalue weighted by molar-refractivity contribution is 5.80. The van der Waals surface area contributed by atoms with E-state index in [1.807, 2.05) is 13.8 Å². The van der Waals surface area contributed by atoms with Crippen molar-refractivity contribution in [2.24, 2.45) is 5.92 Å². The SMILES string of the molecule is CCOC(=O)C(C)(COC1CCCC(CC)C1)NC. The fourth-order valence-corrected chi connectivity index (χ4v) is 2.57. The maximum absolute atomic E-state index is 11.9. The Morgan fingerprint density at radius 3 is 2.68 bits per heavy atom. The van der Waals surface area contributed by atoms with Crippen molar-refractivity contribution in [3.63, 3.8) is 0 Å². The van der Waals surface area contributed by atoms with Crippen LogP contribution in [0.3, 0.4) is 0 Å². The van der Waals surface area contributed by atoms with Crippen molar-refractivity contribution in [1.29, 1.82) is 0 Å². The van der Waals surface area contributed by atoms with Gasteiger partial charge in [-0.25, -0.2) is 4.79 Å². The molecule has 4 heteroatoms. The smallest absolute Gasteiger partial charge is 0.328 e. The number of rotatable bonds is 7. The van der Waals surface area contributed by atoms with Crippen molar-refractivity contribution in [3.8, 4) is 0 Å². The Kier molecular flexibility index (Phi) is 6.80. The third-order valence-electron chi connectivity index (χ3n) is 4.20. The number of esters is 1. The van der Waals surface area contributed by atoms with E-state index in [-0.39, 0.29) is 5.97 Å². The summed E-state index contributed by atoms with van der Waals surface area (Å²) in [5, 5.41) is 3.03. The van der Waals surface area contributed by atoms with Gasteiger partial charge in [-0.15, -0.1) is 0 Å². The Labute approximate surface area is 117 Å². The summed E-state index contributed by atoms with van der Waals surface area (Å²) in [7, 11) is 1.77. The maximum atomic E-state index is 11.9. The molecule has 1 fully saturated rings. The lowest BCUT2D eigenvalue weighted by atomic mass is 9.85. The number of carbonyl (C=O) groups excluding carboxylic acids is 1. The summed E-state index contributed by atoms with van der Waals surface area (Å²) in [6, 6.07) is 0. The molecule has 1 aliphatic rings. The van der Waals surface area contributed by atoms with Crippen molar-refractivity contribution in [2.45, 2.75) is 64.5 Å². The summed E-state index contributed by atoms with van der Waals surface area (Å²) in [6.07, 6.45) is 6.30. The molecular formula is C15H29NO3. The van der Waals surface area contributed by atoms with Crippen LogP contribution in [0.2, 0.25) is 0 Å². The third kappa shape index (κ3) is 4.77. The van der Waals surface area contributed by atoms with Gasteiger partial charge < -0.3 is 14.8 Å². The van der Waals surface area contributed by atoms with Gasteiger partial charge in [-0.05, 0) is 39.7 Å². The van der Waals surface area contributed by atoms with E-state index in [9.17, 15) is 4.79 Å². The molecule has 0 aliphatic heterocycles. The average molecular weight is 271 g/mol. The molecule has 1 saturated carbocycles. The average Bonchev–Trinajstić information content (AvgIpc) is 2.45. The zero-order valence-electron chi connectivity index (χ0n) is 12.8. The highest BCUT2D eigenvalue weighted by Gasteiger charge is 2.35. The Morgan fingerprint density at radius 2 is 2.11 bits per heavy atom. The fourth-order valence-electron chi connectivity index (χ4n) is 2.57. The molecule has 0 aromatic rings. The lowest BCUT2D eigenvalue weighted by molar-refractivity contribution is -0.154. The number of hydrogen-bond acceptors (Lipinski definition) is 4. The van der Waals surface area contributed by atoms with Gasteiger partial charge in [0.15, 0.2) is 0 Å². The minimum Gasteiger partial charge on any atom is -0.465 e. The molecule has 1 rings (SSSR count). The lowest BCUT2D eigenvalue weighted by Gasteiger charge is -2.32. The van der Waals surface area contributed by atoms with Gasteiger partial charge in [-0.1, -0.05) is 26.2 Å². The molecule has 1 aliphatic carbocycles. The molecule has 0 aromatic heterocycles. The molecule has 0 spiro atoms. The van der Waals surface area contributed by atoms with E-state index in [0.717, 1.165) is 18.8 Å². The van der Waals surface area contributed by atoms with Crippen molar-refractivity contribution in [2.75, 3.05) is 20.3 Å². The van der Waals surface area contributed by atoms with E-state index >= 15 is 0 Å². The number of nitrogens with one attached hydrogen (secondary N) is 1. The molecule has 3 atom stereocenters. The van der Waals surface area contributed by atoms with Crippen LogP contribution in [0.4, 0.5) is 0 Å². The predicted octanol–water partition coefficient (Wildman–Crippen LogP) is 2.51. The second-order valence-electron chi connectivity index (χ2n) is 5.68. The van der Waals surface area contributed by atoms with Crippen molar-refractivity contribution >= 4 is 5.97 Å². The van der Waals surface area contributed by atoms with Gasteiger partial charge in [-0.3, -0.25) is 0 Å². The first-order valence-corrected chi connectivity index (χ1v) is 7.53. The van der Waals surface area contributed by atoms with E-state index < -0.39 is 5.54 Å². The molecule has 0 amide bonds. The van der Waals surface area contributed by atoms with Gasteiger partial charge in [-0.2, -0.15) is 0 Å². The highest BCUT2D eigenvalue weighted by Crippen LogP contribution is 2.28. The number of carbonyl (C=O) groups is 1. The molecule has 0 bridgehead atoms. The molecule has 0 aromatic carbocycles. The predicted molar refractivity (Wildman–Crippen MR) is 76.1 cm³/mol. The second-order valence-corrected chi connectivity index (χ2v) is 5.68. The fraction of sp³-hybridized carbons (Fsp3) is 0.933. The maximum Gasteiger partial charge on any atom is 0.328 e. The van der Waals surface area contributed by atoms with Gasteiger partial charge >= 0.3 is 5.97 Å². The van der Waals surface area contributed by atoms with E-state index in [1.165, 1.54) is 19.3 Å². The topological polar surface area (TPSA) is 47.6 Å². The normalized spacial score (nSPS) is 26.7. The zero-order chi connectivity index (χ0) is 14.3. The Morgan fingerprint density at radius 1 is 1.37 bits per heavy atom. The molecular weight excluding hydrogens is 242 g/mol. The summed E-state index contributed by atoms with van der Waals surface area (Å²) in [6.45, 7) is 6.68. The van der Waals surface area contributed by atoms with Gasteiger partial charge in [0.25, 0.3) is 0 Å². The van der Waals surface area contributed by atoms with Gasteiger partial charge in [0, 0.05) is 0 Å². The summed E-state index contributed by atoms with van der Waals surface area (Å²) in [4.78, 5) is 11.9. The van der Waals surface area contributed by atoms with Gasteiger partial charge in [0.1, 0.15) is 5.54 Å². The van der Waals surface area contributed by atoms with Crippen molar-refractivity contribution < 1.29 is 14.3 Å². The molecule has 19 heavy (non-hydrogen) atoms. The van der Waals surface area contributed by atoms with Crippen molar-refractivity contribution in [3.05, 3.63) is 0 Å².